The molecule has 1 aromatic rings. The summed E-state index contributed by atoms with van der Waals surface area (Å²) in [7, 11) is 0. The molecule has 0 bridgehead atoms. The molecule has 1 aliphatic rings. The zero-order valence-electron chi connectivity index (χ0n) is 11.5. The predicted molar refractivity (Wildman–Crippen MR) is 84.6 cm³/mol. The second-order valence-electron chi connectivity index (χ2n) is 4.76. The first-order chi connectivity index (χ1) is 9.19. The predicted octanol–water partition coefficient (Wildman–Crippen LogP) is 1.21. The molecule has 1 heterocycles. The summed E-state index contributed by atoms with van der Waals surface area (Å²) in [4.78, 5) is 13.1. The number of carbonyl (C=O) groups excluding carboxylic acids is 1. The van der Waals surface area contributed by atoms with Crippen molar-refractivity contribution in [1.29, 1.82) is 0 Å². The molecule has 0 spiro atoms. The van der Waals surface area contributed by atoms with Gasteiger partial charge in [-0.1, -0.05) is 12.1 Å². The summed E-state index contributed by atoms with van der Waals surface area (Å²) < 4.78 is 0. The van der Waals surface area contributed by atoms with E-state index in [0.717, 1.165) is 23.4 Å². The number of carbonyl (C=O) groups is 1. The Morgan fingerprint density at radius 3 is 3.05 bits per heavy atom. The van der Waals surface area contributed by atoms with Gasteiger partial charge < -0.3 is 15.7 Å². The van der Waals surface area contributed by atoms with Crippen LogP contribution in [0.4, 0.5) is 0 Å². The Labute approximate surface area is 130 Å². The third-order valence-corrected chi connectivity index (χ3v) is 4.02. The molecule has 1 aromatic carbocycles. The average molecular weight is 317 g/mol. The van der Waals surface area contributed by atoms with Crippen molar-refractivity contribution in [1.82, 2.24) is 10.6 Å². The Morgan fingerprint density at radius 2 is 2.35 bits per heavy atom. The highest BCUT2D eigenvalue weighted by molar-refractivity contribution is 7.98. The second kappa shape index (κ2) is 8.52. The van der Waals surface area contributed by atoms with Gasteiger partial charge in [0.05, 0.1) is 18.6 Å². The number of hydrogen-bond acceptors (Lipinski definition) is 4. The molecule has 4 nitrogen and oxygen atoms in total. The van der Waals surface area contributed by atoms with Gasteiger partial charge in [-0.3, -0.25) is 4.79 Å². The normalized spacial score (nSPS) is 21.9. The van der Waals surface area contributed by atoms with E-state index in [2.05, 4.69) is 10.6 Å². The molecule has 20 heavy (non-hydrogen) atoms. The van der Waals surface area contributed by atoms with Crippen LogP contribution in [0.15, 0.2) is 29.2 Å². The lowest BCUT2D eigenvalue weighted by molar-refractivity contribution is -0.122. The maximum absolute atomic E-state index is 12.0. The number of aliphatic hydroxyl groups excluding tert-OH is 1. The molecular formula is C14H21ClN2O2S. The Balaban J connectivity index is 0.00000200. The van der Waals surface area contributed by atoms with Gasteiger partial charge in [-0.25, -0.2) is 0 Å². The minimum atomic E-state index is -0.491. The lowest BCUT2D eigenvalue weighted by Gasteiger charge is -2.29. The van der Waals surface area contributed by atoms with Crippen LogP contribution in [0.5, 0.6) is 0 Å². The Bertz CT molecular complexity index is 445. The first-order valence-electron chi connectivity index (χ1n) is 6.50. The number of aliphatic hydroxyl groups is 1. The smallest absolute Gasteiger partial charge is 0.224 e. The molecular weight excluding hydrogens is 296 g/mol. The number of β-amino-alcohol motifs (C(OH)–C–C–N with tert-alkyl or cyclic N) is 1. The monoisotopic (exact) mass is 316 g/mol. The molecule has 0 unspecified atom stereocenters. The second-order valence-corrected chi connectivity index (χ2v) is 5.64. The summed E-state index contributed by atoms with van der Waals surface area (Å²) in [6.07, 6.45) is 2.67. The van der Waals surface area contributed by atoms with Crippen molar-refractivity contribution in [2.24, 2.45) is 0 Å². The Morgan fingerprint density at radius 1 is 1.55 bits per heavy atom. The van der Waals surface area contributed by atoms with Gasteiger partial charge in [0.2, 0.25) is 5.91 Å². The van der Waals surface area contributed by atoms with Gasteiger partial charge in [-0.2, -0.15) is 0 Å². The Kier molecular flexibility index (Phi) is 7.37. The van der Waals surface area contributed by atoms with Gasteiger partial charge in [0, 0.05) is 11.4 Å². The summed E-state index contributed by atoms with van der Waals surface area (Å²) in [5, 5.41) is 15.8. The molecule has 1 aliphatic heterocycles. The summed E-state index contributed by atoms with van der Waals surface area (Å²) in [6, 6.07) is 7.86. The minimum absolute atomic E-state index is 0. The summed E-state index contributed by atoms with van der Waals surface area (Å²) in [5.74, 6) is -0.0239. The SMILES string of the molecule is CSc1cccc(CC(=O)N[C@@H]2CCNC[C@H]2O)c1.Cl. The van der Waals surface area contributed by atoms with Crippen LogP contribution < -0.4 is 10.6 Å². The van der Waals surface area contributed by atoms with Gasteiger partial charge in [0.15, 0.2) is 0 Å². The van der Waals surface area contributed by atoms with Crippen LogP contribution >= 0.6 is 24.2 Å². The van der Waals surface area contributed by atoms with Crippen molar-refractivity contribution in [3.8, 4) is 0 Å². The highest BCUT2D eigenvalue weighted by atomic mass is 35.5. The summed E-state index contributed by atoms with van der Waals surface area (Å²) >= 11 is 1.67. The third-order valence-electron chi connectivity index (χ3n) is 3.30. The highest BCUT2D eigenvalue weighted by Crippen LogP contribution is 2.16. The lowest BCUT2D eigenvalue weighted by atomic mass is 10.0. The van der Waals surface area contributed by atoms with Crippen molar-refractivity contribution >= 4 is 30.1 Å². The number of amides is 1. The van der Waals surface area contributed by atoms with Crippen LogP contribution in [0.2, 0.25) is 0 Å². The van der Waals surface area contributed by atoms with E-state index in [0.29, 0.717) is 13.0 Å². The fourth-order valence-corrected chi connectivity index (χ4v) is 2.72. The molecule has 1 amide bonds. The van der Waals surface area contributed by atoms with E-state index in [-0.39, 0.29) is 24.4 Å². The van der Waals surface area contributed by atoms with Crippen molar-refractivity contribution in [3.05, 3.63) is 29.8 Å². The van der Waals surface area contributed by atoms with E-state index in [9.17, 15) is 9.90 Å². The summed E-state index contributed by atoms with van der Waals surface area (Å²) in [5.41, 5.74) is 1.01. The number of piperidine rings is 1. The van der Waals surface area contributed by atoms with Gasteiger partial charge in [-0.15, -0.1) is 24.2 Å². The fraction of sp³-hybridized carbons (Fsp3) is 0.500. The minimum Gasteiger partial charge on any atom is -0.390 e. The molecule has 1 fully saturated rings. The number of hydrogen-bond donors (Lipinski definition) is 3. The largest absolute Gasteiger partial charge is 0.390 e. The summed E-state index contributed by atoms with van der Waals surface area (Å²) in [6.45, 7) is 1.39. The van der Waals surface area contributed by atoms with Crippen molar-refractivity contribution in [3.63, 3.8) is 0 Å². The van der Waals surface area contributed by atoms with Gasteiger partial charge in [-0.05, 0) is 36.9 Å². The topological polar surface area (TPSA) is 61.4 Å². The molecule has 0 aliphatic carbocycles. The zero-order valence-corrected chi connectivity index (χ0v) is 13.1. The average Bonchev–Trinajstić information content (AvgIpc) is 2.41. The van der Waals surface area contributed by atoms with Crippen LogP contribution in [0.3, 0.4) is 0 Å². The molecule has 6 heteroatoms. The van der Waals surface area contributed by atoms with E-state index in [4.69, 9.17) is 0 Å². The number of benzene rings is 1. The molecule has 0 saturated carbocycles. The van der Waals surface area contributed by atoms with E-state index in [1.807, 2.05) is 30.5 Å². The standard InChI is InChI=1S/C14H20N2O2S.ClH/c1-19-11-4-2-3-10(7-11)8-14(18)16-12-5-6-15-9-13(12)17;/h2-4,7,12-13,15,17H,5-6,8-9H2,1H3,(H,16,18);1H/t12-,13-;/m1./s1. The maximum Gasteiger partial charge on any atom is 0.224 e. The fourth-order valence-electron chi connectivity index (χ4n) is 2.24. The molecule has 1 saturated heterocycles. The third kappa shape index (κ3) is 4.98. The van der Waals surface area contributed by atoms with E-state index >= 15 is 0 Å². The van der Waals surface area contributed by atoms with E-state index < -0.39 is 6.10 Å². The molecule has 112 valence electrons. The first kappa shape index (κ1) is 17.3. The molecule has 0 radical (unpaired) electrons. The van der Waals surface area contributed by atoms with Crippen molar-refractivity contribution in [2.75, 3.05) is 19.3 Å². The van der Waals surface area contributed by atoms with Crippen LogP contribution in [0, 0.1) is 0 Å². The molecule has 3 N–H and O–H groups in total. The highest BCUT2D eigenvalue weighted by Gasteiger charge is 2.24. The van der Waals surface area contributed by atoms with E-state index in [1.165, 1.54) is 0 Å². The number of nitrogens with one attached hydrogen (secondary N) is 2. The van der Waals surface area contributed by atoms with Gasteiger partial charge in [0.25, 0.3) is 0 Å². The van der Waals surface area contributed by atoms with Crippen molar-refractivity contribution in [2.45, 2.75) is 29.9 Å². The van der Waals surface area contributed by atoms with Crippen LogP contribution in [-0.4, -0.2) is 42.5 Å². The number of thioether (sulfide) groups is 1. The quantitative estimate of drug-likeness (QED) is 0.731. The van der Waals surface area contributed by atoms with Crippen LogP contribution in [-0.2, 0) is 11.2 Å². The van der Waals surface area contributed by atoms with Gasteiger partial charge in [0.1, 0.15) is 0 Å². The van der Waals surface area contributed by atoms with Crippen LogP contribution in [0.1, 0.15) is 12.0 Å². The molecule has 2 atom stereocenters. The first-order valence-corrected chi connectivity index (χ1v) is 7.72. The maximum atomic E-state index is 12.0. The zero-order chi connectivity index (χ0) is 13.7. The number of rotatable bonds is 4. The van der Waals surface area contributed by atoms with E-state index in [1.54, 1.807) is 11.8 Å². The molecule has 0 aromatic heterocycles. The lowest BCUT2D eigenvalue weighted by Crippen LogP contribution is -2.52. The van der Waals surface area contributed by atoms with Crippen molar-refractivity contribution < 1.29 is 9.90 Å². The molecule has 2 rings (SSSR count). The van der Waals surface area contributed by atoms with Gasteiger partial charge >= 0.3 is 0 Å². The van der Waals surface area contributed by atoms with Crippen LogP contribution in [0.25, 0.3) is 0 Å². The Hall–Kier alpha value is -0.750. The number of halogens is 1.